The van der Waals surface area contributed by atoms with Gasteiger partial charge in [-0.2, -0.15) is 18.4 Å². The van der Waals surface area contributed by atoms with Crippen molar-refractivity contribution in [3.63, 3.8) is 0 Å². The van der Waals surface area contributed by atoms with Gasteiger partial charge in [0.2, 0.25) is 10.0 Å². The van der Waals surface area contributed by atoms with Crippen molar-refractivity contribution in [2.45, 2.75) is 23.9 Å². The molecule has 0 atom stereocenters. The highest BCUT2D eigenvalue weighted by molar-refractivity contribution is 7.89. The van der Waals surface area contributed by atoms with Gasteiger partial charge in [-0.1, -0.05) is 0 Å². The Balaban J connectivity index is 2.73. The molecule has 9 heteroatoms. The van der Waals surface area contributed by atoms with E-state index in [2.05, 4.69) is 0 Å². The number of benzene rings is 1. The number of alkyl halides is 3. The monoisotopic (exact) mass is 310 g/mol. The quantitative estimate of drug-likeness (QED) is 0.670. The van der Waals surface area contributed by atoms with Crippen LogP contribution in [0.15, 0.2) is 23.1 Å². The lowest BCUT2D eigenvalue weighted by molar-refractivity contribution is -0.135. The highest BCUT2D eigenvalue weighted by Crippen LogP contribution is 2.21. The molecule has 20 heavy (non-hydrogen) atoms. The van der Waals surface area contributed by atoms with Crippen molar-refractivity contribution < 1.29 is 26.0 Å². The fourth-order valence-electron chi connectivity index (χ4n) is 1.34. The second-order valence-corrected chi connectivity index (χ2v) is 5.64. The number of nitrogens with zero attached hydrogens (tertiary/aromatic N) is 1. The molecule has 0 radical (unpaired) electrons. The van der Waals surface area contributed by atoms with E-state index in [1.807, 2.05) is 4.72 Å². The number of hydrogen-bond donors (Lipinski definition) is 1. The zero-order valence-electron chi connectivity index (χ0n) is 10.0. The minimum Gasteiger partial charge on any atom is -0.211 e. The topological polar surface area (TPSA) is 70.0 Å². The van der Waals surface area contributed by atoms with Crippen LogP contribution in [-0.4, -0.2) is 21.1 Å². The summed E-state index contributed by atoms with van der Waals surface area (Å²) in [4.78, 5) is -0.373. The van der Waals surface area contributed by atoms with E-state index in [9.17, 15) is 26.0 Å². The van der Waals surface area contributed by atoms with Crippen molar-refractivity contribution in [3.8, 4) is 6.07 Å². The molecule has 0 aliphatic carbocycles. The first-order chi connectivity index (χ1) is 9.15. The van der Waals surface area contributed by atoms with Crippen LogP contribution in [0, 0.1) is 17.1 Å². The molecule has 1 aromatic rings. The van der Waals surface area contributed by atoms with E-state index >= 15 is 0 Å². The Kier molecular flexibility index (Phi) is 5.08. The van der Waals surface area contributed by atoms with Crippen molar-refractivity contribution in [2.75, 3.05) is 6.54 Å². The Morgan fingerprint density at radius 2 is 1.95 bits per heavy atom. The van der Waals surface area contributed by atoms with Crippen molar-refractivity contribution in [1.29, 1.82) is 5.26 Å². The summed E-state index contributed by atoms with van der Waals surface area (Å²) in [5.74, 6) is -0.872. The van der Waals surface area contributed by atoms with Gasteiger partial charge in [-0.3, -0.25) is 0 Å². The van der Waals surface area contributed by atoms with Crippen LogP contribution in [0.2, 0.25) is 0 Å². The van der Waals surface area contributed by atoms with E-state index in [1.54, 1.807) is 0 Å². The summed E-state index contributed by atoms with van der Waals surface area (Å²) < 4.78 is 74.1. The Labute approximate surface area is 113 Å². The molecule has 1 rings (SSSR count). The standard InChI is InChI=1S/C11H10F4N2O2S/c12-10-3-2-9(6-8(10)7-16)20(18,19)17-5-1-4-11(13,14)15/h2-3,6,17H,1,4-5H2. The number of sulfonamides is 1. The van der Waals surface area contributed by atoms with Crippen LogP contribution in [0.1, 0.15) is 18.4 Å². The van der Waals surface area contributed by atoms with Crippen LogP contribution in [0.4, 0.5) is 17.6 Å². The molecule has 0 bridgehead atoms. The molecule has 0 saturated heterocycles. The van der Waals surface area contributed by atoms with Gasteiger partial charge in [0.1, 0.15) is 11.9 Å². The molecule has 0 amide bonds. The summed E-state index contributed by atoms with van der Waals surface area (Å²) in [6, 6.07) is 4.04. The summed E-state index contributed by atoms with van der Waals surface area (Å²) in [7, 11) is -4.06. The first-order valence-electron chi connectivity index (χ1n) is 5.42. The van der Waals surface area contributed by atoms with E-state index in [0.717, 1.165) is 18.2 Å². The van der Waals surface area contributed by atoms with Crippen LogP contribution in [-0.2, 0) is 10.0 Å². The third-order valence-electron chi connectivity index (χ3n) is 2.30. The number of halogens is 4. The molecule has 0 aliphatic heterocycles. The lowest BCUT2D eigenvalue weighted by Gasteiger charge is -2.08. The lowest BCUT2D eigenvalue weighted by Crippen LogP contribution is -2.26. The van der Waals surface area contributed by atoms with Crippen molar-refractivity contribution in [3.05, 3.63) is 29.6 Å². The molecule has 0 aliphatic rings. The van der Waals surface area contributed by atoms with Crippen molar-refractivity contribution >= 4 is 10.0 Å². The molecule has 1 aromatic carbocycles. The average Bonchev–Trinajstić information content (AvgIpc) is 2.34. The smallest absolute Gasteiger partial charge is 0.211 e. The first-order valence-corrected chi connectivity index (χ1v) is 6.90. The second-order valence-electron chi connectivity index (χ2n) is 3.87. The van der Waals surface area contributed by atoms with E-state index < -0.39 is 47.0 Å². The highest BCUT2D eigenvalue weighted by atomic mass is 32.2. The van der Waals surface area contributed by atoms with Crippen LogP contribution in [0.5, 0.6) is 0 Å². The molecule has 4 nitrogen and oxygen atoms in total. The van der Waals surface area contributed by atoms with Crippen LogP contribution in [0.3, 0.4) is 0 Å². The number of hydrogen-bond acceptors (Lipinski definition) is 3. The predicted octanol–water partition coefficient (Wildman–Crippen LogP) is 2.32. The van der Waals surface area contributed by atoms with Gasteiger partial charge in [0.25, 0.3) is 0 Å². The molecule has 0 heterocycles. The third-order valence-corrected chi connectivity index (χ3v) is 3.76. The van der Waals surface area contributed by atoms with Crippen LogP contribution < -0.4 is 4.72 Å². The number of nitrogens with one attached hydrogen (secondary N) is 1. The average molecular weight is 310 g/mol. The van der Waals surface area contributed by atoms with Gasteiger partial charge < -0.3 is 0 Å². The first kappa shape index (κ1) is 16.4. The van der Waals surface area contributed by atoms with Gasteiger partial charge in [-0.05, 0) is 24.6 Å². The molecule has 0 spiro atoms. The van der Waals surface area contributed by atoms with Crippen LogP contribution >= 0.6 is 0 Å². The second kappa shape index (κ2) is 6.19. The molecule has 0 unspecified atom stereocenters. The summed E-state index contributed by atoms with van der Waals surface area (Å²) >= 11 is 0. The zero-order chi connectivity index (χ0) is 15.4. The molecular weight excluding hydrogens is 300 g/mol. The normalized spacial score (nSPS) is 12.2. The highest BCUT2D eigenvalue weighted by Gasteiger charge is 2.26. The SMILES string of the molecule is N#Cc1cc(S(=O)(=O)NCCCC(F)(F)F)ccc1F. The number of nitriles is 1. The van der Waals surface area contributed by atoms with E-state index in [0.29, 0.717) is 0 Å². The van der Waals surface area contributed by atoms with Gasteiger partial charge in [0.05, 0.1) is 10.5 Å². The fourth-order valence-corrected chi connectivity index (χ4v) is 2.44. The van der Waals surface area contributed by atoms with E-state index in [1.165, 1.54) is 6.07 Å². The lowest BCUT2D eigenvalue weighted by atomic mass is 10.2. The number of rotatable bonds is 5. The summed E-state index contributed by atoms with van der Waals surface area (Å²) in [5.41, 5.74) is -0.455. The maximum Gasteiger partial charge on any atom is 0.389 e. The Morgan fingerprint density at radius 3 is 2.50 bits per heavy atom. The van der Waals surface area contributed by atoms with Gasteiger partial charge >= 0.3 is 6.18 Å². The minimum atomic E-state index is -4.35. The largest absolute Gasteiger partial charge is 0.389 e. The fraction of sp³-hybridized carbons (Fsp3) is 0.364. The summed E-state index contributed by atoms with van der Waals surface area (Å²) in [5, 5.41) is 8.58. The molecular formula is C11H10F4N2O2S. The van der Waals surface area contributed by atoms with Crippen molar-refractivity contribution in [1.82, 2.24) is 4.72 Å². The summed E-state index contributed by atoms with van der Waals surface area (Å²) in [6.07, 6.45) is -5.87. The van der Waals surface area contributed by atoms with Gasteiger partial charge in [-0.25, -0.2) is 17.5 Å². The van der Waals surface area contributed by atoms with E-state index in [-0.39, 0.29) is 4.90 Å². The molecule has 0 saturated carbocycles. The van der Waals surface area contributed by atoms with Gasteiger partial charge in [0.15, 0.2) is 0 Å². The minimum absolute atomic E-state index is 0.373. The zero-order valence-corrected chi connectivity index (χ0v) is 10.9. The maximum atomic E-state index is 13.0. The molecule has 110 valence electrons. The maximum absolute atomic E-state index is 13.0. The van der Waals surface area contributed by atoms with E-state index in [4.69, 9.17) is 5.26 Å². The Morgan fingerprint density at radius 1 is 1.30 bits per heavy atom. The van der Waals surface area contributed by atoms with Crippen molar-refractivity contribution in [2.24, 2.45) is 0 Å². The van der Waals surface area contributed by atoms with Crippen LogP contribution in [0.25, 0.3) is 0 Å². The Hall–Kier alpha value is -1.66. The predicted molar refractivity (Wildman–Crippen MR) is 61.6 cm³/mol. The summed E-state index contributed by atoms with van der Waals surface area (Å²) in [6.45, 7) is -0.402. The van der Waals surface area contributed by atoms with Gasteiger partial charge in [-0.15, -0.1) is 0 Å². The molecule has 0 fully saturated rings. The Bertz CT molecular complexity index is 620. The molecule has 1 N–H and O–H groups in total. The molecule has 0 aromatic heterocycles. The van der Waals surface area contributed by atoms with Gasteiger partial charge in [0, 0.05) is 13.0 Å². The third kappa shape index (κ3) is 4.79.